The second-order valence-electron chi connectivity index (χ2n) is 8.71. The Balaban J connectivity index is 1.30. The zero-order chi connectivity index (χ0) is 29.0. The van der Waals surface area contributed by atoms with E-state index in [1.54, 1.807) is 60.8 Å². The number of carbonyl (C=O) groups is 2. The predicted octanol–water partition coefficient (Wildman–Crippen LogP) is 5.46. The number of hydrogen-bond donors (Lipinski definition) is 3. The molecule has 0 aliphatic carbocycles. The second-order valence-corrected chi connectivity index (χ2v) is 10.8. The molecule has 5 aromatic rings. The third kappa shape index (κ3) is 6.57. The van der Waals surface area contributed by atoms with Gasteiger partial charge in [-0.25, -0.2) is 8.42 Å². The van der Waals surface area contributed by atoms with Crippen LogP contribution in [0.5, 0.6) is 0 Å². The average Bonchev–Trinajstić information content (AvgIpc) is 3.45. The molecular formula is C28H21ClN6O5S. The van der Waals surface area contributed by atoms with E-state index in [4.69, 9.17) is 16.1 Å². The summed E-state index contributed by atoms with van der Waals surface area (Å²) in [6.07, 6.45) is 3.02. The molecule has 5 rings (SSSR count). The van der Waals surface area contributed by atoms with Gasteiger partial charge in [-0.1, -0.05) is 22.8 Å². The molecule has 0 spiro atoms. The summed E-state index contributed by atoms with van der Waals surface area (Å²) in [4.78, 5) is 32.0. The van der Waals surface area contributed by atoms with E-state index >= 15 is 0 Å². The summed E-state index contributed by atoms with van der Waals surface area (Å²) in [7, 11) is -3.91. The Morgan fingerprint density at radius 3 is 2.39 bits per heavy atom. The van der Waals surface area contributed by atoms with Gasteiger partial charge in [0.2, 0.25) is 11.7 Å². The zero-order valence-electron chi connectivity index (χ0n) is 21.3. The number of amides is 2. The van der Waals surface area contributed by atoms with Crippen molar-refractivity contribution in [3.05, 3.63) is 102 Å². The molecule has 2 aromatic heterocycles. The summed E-state index contributed by atoms with van der Waals surface area (Å²) < 4.78 is 33.7. The summed E-state index contributed by atoms with van der Waals surface area (Å²) in [5.41, 5.74) is 2.58. The highest BCUT2D eigenvalue weighted by Crippen LogP contribution is 2.30. The van der Waals surface area contributed by atoms with E-state index in [0.29, 0.717) is 28.1 Å². The van der Waals surface area contributed by atoms with Crippen molar-refractivity contribution >= 4 is 50.5 Å². The first-order chi connectivity index (χ1) is 19.7. The van der Waals surface area contributed by atoms with E-state index in [9.17, 15) is 18.0 Å². The molecule has 0 aliphatic rings. The van der Waals surface area contributed by atoms with Crippen molar-refractivity contribution in [1.29, 1.82) is 0 Å². The van der Waals surface area contributed by atoms with Crippen molar-refractivity contribution in [2.75, 3.05) is 15.4 Å². The molecule has 2 amide bonds. The molecule has 0 aliphatic heterocycles. The molecule has 0 atom stereocenters. The number of sulfonamides is 1. The first-order valence-corrected chi connectivity index (χ1v) is 13.9. The molecule has 0 radical (unpaired) electrons. The lowest BCUT2D eigenvalue weighted by molar-refractivity contribution is -0.114. The summed E-state index contributed by atoms with van der Waals surface area (Å²) in [5, 5.41) is 9.61. The van der Waals surface area contributed by atoms with Crippen LogP contribution in [0.3, 0.4) is 0 Å². The Morgan fingerprint density at radius 2 is 1.68 bits per heavy atom. The summed E-state index contributed by atoms with van der Waals surface area (Å²) >= 11 is 6.40. The van der Waals surface area contributed by atoms with Crippen molar-refractivity contribution in [1.82, 2.24) is 15.1 Å². The summed E-state index contributed by atoms with van der Waals surface area (Å²) in [6.45, 7) is 1.36. The van der Waals surface area contributed by atoms with Gasteiger partial charge in [0, 0.05) is 41.8 Å². The first-order valence-electron chi connectivity index (χ1n) is 12.0. The van der Waals surface area contributed by atoms with Crippen LogP contribution >= 0.6 is 11.6 Å². The fraction of sp³-hybridized carbons (Fsp3) is 0.0357. The van der Waals surface area contributed by atoms with Gasteiger partial charge < -0.3 is 15.2 Å². The third-order valence-electron chi connectivity index (χ3n) is 5.67. The standard InChI is InChI=1S/C28H21ClN6O5S/c1-17(36)31-21-8-10-23(11-9-21)41(38,39)35-22-6-2-4-19(14-22)28-33-26(34-40-28)18-7-12-25(24(29)15-18)32-27(37)20-5-3-13-30-16-20/h2-16,35H,1H3,(H,31,36)(H,32,37). The van der Waals surface area contributed by atoms with Gasteiger partial charge in [-0.15, -0.1) is 0 Å². The number of nitrogens with one attached hydrogen (secondary N) is 3. The molecule has 2 heterocycles. The Labute approximate surface area is 239 Å². The molecule has 206 valence electrons. The summed E-state index contributed by atoms with van der Waals surface area (Å²) in [5.74, 6) is -0.208. The van der Waals surface area contributed by atoms with Crippen LogP contribution in [0, 0.1) is 0 Å². The quantitative estimate of drug-likeness (QED) is 0.216. The second kappa shape index (κ2) is 11.6. The molecule has 3 N–H and O–H groups in total. The van der Waals surface area contributed by atoms with Crippen molar-refractivity contribution in [3.63, 3.8) is 0 Å². The van der Waals surface area contributed by atoms with Crippen molar-refractivity contribution in [2.24, 2.45) is 0 Å². The number of benzene rings is 3. The van der Waals surface area contributed by atoms with Gasteiger partial charge in [-0.3, -0.25) is 19.3 Å². The van der Waals surface area contributed by atoms with E-state index in [2.05, 4.69) is 30.5 Å². The molecule has 3 aromatic carbocycles. The van der Waals surface area contributed by atoms with E-state index in [1.807, 2.05) is 0 Å². The van der Waals surface area contributed by atoms with Crippen LogP contribution in [0.2, 0.25) is 5.02 Å². The number of halogens is 1. The van der Waals surface area contributed by atoms with E-state index in [-0.39, 0.29) is 39.1 Å². The predicted molar refractivity (Wildman–Crippen MR) is 154 cm³/mol. The molecule has 0 unspecified atom stereocenters. The summed E-state index contributed by atoms with van der Waals surface area (Å²) in [6, 6.07) is 20.5. The van der Waals surface area contributed by atoms with Crippen LogP contribution in [0.15, 0.2) is 101 Å². The lowest BCUT2D eigenvalue weighted by Crippen LogP contribution is -2.13. The van der Waals surface area contributed by atoms with Crippen molar-refractivity contribution in [2.45, 2.75) is 11.8 Å². The largest absolute Gasteiger partial charge is 0.334 e. The van der Waals surface area contributed by atoms with Gasteiger partial charge >= 0.3 is 0 Å². The maximum Gasteiger partial charge on any atom is 0.261 e. The van der Waals surface area contributed by atoms with Gasteiger partial charge in [0.1, 0.15) is 0 Å². The average molecular weight is 589 g/mol. The SMILES string of the molecule is CC(=O)Nc1ccc(S(=O)(=O)Nc2cccc(-c3nc(-c4ccc(NC(=O)c5cccnc5)c(Cl)c4)no3)c2)cc1. The zero-order valence-corrected chi connectivity index (χ0v) is 22.9. The minimum Gasteiger partial charge on any atom is -0.334 e. The fourth-order valence-corrected chi connectivity index (χ4v) is 5.03. The van der Waals surface area contributed by atoms with E-state index in [0.717, 1.165) is 0 Å². The van der Waals surface area contributed by atoms with E-state index in [1.165, 1.54) is 37.4 Å². The van der Waals surface area contributed by atoms with Crippen LogP contribution in [-0.2, 0) is 14.8 Å². The van der Waals surface area contributed by atoms with Crippen LogP contribution in [-0.4, -0.2) is 35.4 Å². The van der Waals surface area contributed by atoms with Crippen LogP contribution in [0.4, 0.5) is 17.1 Å². The molecule has 0 saturated carbocycles. The highest BCUT2D eigenvalue weighted by molar-refractivity contribution is 7.92. The lowest BCUT2D eigenvalue weighted by Gasteiger charge is -2.09. The highest BCUT2D eigenvalue weighted by atomic mass is 35.5. The number of aromatic nitrogens is 3. The Kier molecular flexibility index (Phi) is 7.77. The van der Waals surface area contributed by atoms with Gasteiger partial charge in [0.05, 0.1) is 21.2 Å². The number of pyridine rings is 1. The highest BCUT2D eigenvalue weighted by Gasteiger charge is 2.17. The number of anilines is 3. The molecule has 0 fully saturated rings. The number of carbonyl (C=O) groups excluding carboxylic acids is 2. The minimum atomic E-state index is -3.91. The number of nitrogens with zero attached hydrogens (tertiary/aromatic N) is 3. The third-order valence-corrected chi connectivity index (χ3v) is 7.38. The molecule has 11 nitrogen and oxygen atoms in total. The van der Waals surface area contributed by atoms with Crippen molar-refractivity contribution < 1.29 is 22.5 Å². The lowest BCUT2D eigenvalue weighted by atomic mass is 10.1. The van der Waals surface area contributed by atoms with Gasteiger partial charge in [-0.05, 0) is 72.8 Å². The van der Waals surface area contributed by atoms with Crippen LogP contribution in [0.25, 0.3) is 22.8 Å². The van der Waals surface area contributed by atoms with Gasteiger partial charge in [0.25, 0.3) is 21.8 Å². The Hall–Kier alpha value is -5.07. The van der Waals surface area contributed by atoms with Crippen LogP contribution in [0.1, 0.15) is 17.3 Å². The molecule has 41 heavy (non-hydrogen) atoms. The molecule has 0 bridgehead atoms. The Morgan fingerprint density at radius 1 is 0.878 bits per heavy atom. The van der Waals surface area contributed by atoms with Crippen molar-refractivity contribution in [3.8, 4) is 22.8 Å². The minimum absolute atomic E-state index is 0.0223. The number of hydrogen-bond acceptors (Lipinski definition) is 8. The smallest absolute Gasteiger partial charge is 0.261 e. The fourth-order valence-electron chi connectivity index (χ4n) is 3.76. The molecule has 0 saturated heterocycles. The maximum absolute atomic E-state index is 12.9. The maximum atomic E-state index is 12.9. The normalized spacial score (nSPS) is 11.1. The molecular weight excluding hydrogens is 568 g/mol. The monoisotopic (exact) mass is 588 g/mol. The van der Waals surface area contributed by atoms with Gasteiger partial charge in [0.15, 0.2) is 0 Å². The van der Waals surface area contributed by atoms with E-state index < -0.39 is 10.0 Å². The van der Waals surface area contributed by atoms with Gasteiger partial charge in [-0.2, -0.15) is 4.98 Å². The first kappa shape index (κ1) is 27.5. The number of rotatable bonds is 8. The molecule has 13 heteroatoms. The Bertz CT molecular complexity index is 1840. The topological polar surface area (TPSA) is 156 Å². The van der Waals surface area contributed by atoms with Crippen LogP contribution < -0.4 is 15.4 Å².